The lowest BCUT2D eigenvalue weighted by atomic mass is 9.99. The van der Waals surface area contributed by atoms with Crippen molar-refractivity contribution < 1.29 is 9.66 Å². The molecule has 0 aromatic carbocycles. The molecule has 0 amide bonds. The topological polar surface area (TPSA) is 113 Å². The molecule has 0 saturated heterocycles. The van der Waals surface area contributed by atoms with Crippen LogP contribution in [0, 0.1) is 32.8 Å². The molecule has 0 saturated carbocycles. The van der Waals surface area contributed by atoms with Crippen LogP contribution in [0.3, 0.4) is 0 Å². The molecular formula is C11H10N4O3. The number of nitro groups is 1. The number of nitrogens with zero attached hydrogens (tertiary/aromatic N) is 4. The highest BCUT2D eigenvalue weighted by Gasteiger charge is 2.24. The maximum atomic E-state index is 10.9. The van der Waals surface area contributed by atoms with Gasteiger partial charge in [-0.2, -0.15) is 10.5 Å². The van der Waals surface area contributed by atoms with Gasteiger partial charge in [0.25, 0.3) is 5.69 Å². The van der Waals surface area contributed by atoms with Crippen LogP contribution >= 0.6 is 0 Å². The normalized spacial score (nSPS) is 11.1. The average Bonchev–Trinajstić information content (AvgIpc) is 2.39. The van der Waals surface area contributed by atoms with Crippen LogP contribution in [0.25, 0.3) is 0 Å². The lowest BCUT2D eigenvalue weighted by Crippen LogP contribution is -2.05. The second kappa shape index (κ2) is 6.16. The van der Waals surface area contributed by atoms with E-state index in [1.807, 2.05) is 12.1 Å². The Kier molecular flexibility index (Phi) is 4.58. The van der Waals surface area contributed by atoms with Crippen molar-refractivity contribution in [2.75, 3.05) is 7.11 Å². The van der Waals surface area contributed by atoms with E-state index in [0.29, 0.717) is 0 Å². The summed E-state index contributed by atoms with van der Waals surface area (Å²) in [6.45, 7) is 0. The maximum absolute atomic E-state index is 10.9. The van der Waals surface area contributed by atoms with E-state index in [1.165, 1.54) is 19.2 Å². The van der Waals surface area contributed by atoms with Crippen molar-refractivity contribution in [1.82, 2.24) is 4.98 Å². The van der Waals surface area contributed by atoms with Gasteiger partial charge >= 0.3 is 0 Å². The van der Waals surface area contributed by atoms with Crippen LogP contribution in [0.15, 0.2) is 12.1 Å². The van der Waals surface area contributed by atoms with Crippen LogP contribution in [0.1, 0.15) is 24.5 Å². The van der Waals surface area contributed by atoms with Crippen molar-refractivity contribution in [2.24, 2.45) is 0 Å². The van der Waals surface area contributed by atoms with Gasteiger partial charge in [-0.1, -0.05) is 0 Å². The van der Waals surface area contributed by atoms with Crippen LogP contribution in [0.5, 0.6) is 5.88 Å². The summed E-state index contributed by atoms with van der Waals surface area (Å²) in [5.41, 5.74) is -0.197. The van der Waals surface area contributed by atoms with Crippen LogP contribution in [-0.4, -0.2) is 17.0 Å². The number of pyridine rings is 1. The first kappa shape index (κ1) is 13.4. The first-order valence-electron chi connectivity index (χ1n) is 5.10. The monoisotopic (exact) mass is 246 g/mol. The van der Waals surface area contributed by atoms with E-state index in [9.17, 15) is 10.1 Å². The predicted octanol–water partition coefficient (Wildman–Crippen LogP) is 1.91. The molecule has 1 rings (SSSR count). The number of rotatable bonds is 5. The van der Waals surface area contributed by atoms with Gasteiger partial charge in [0, 0.05) is 18.6 Å². The van der Waals surface area contributed by atoms with E-state index in [4.69, 9.17) is 15.3 Å². The van der Waals surface area contributed by atoms with Gasteiger partial charge in [0.15, 0.2) is 0 Å². The number of nitriles is 2. The summed E-state index contributed by atoms with van der Waals surface area (Å²) in [5.74, 6) is -0.590. The van der Waals surface area contributed by atoms with Gasteiger partial charge in [-0.05, 0) is 6.42 Å². The smallest absolute Gasteiger partial charge is 0.292 e. The fourth-order valence-corrected chi connectivity index (χ4v) is 1.44. The van der Waals surface area contributed by atoms with Gasteiger partial charge in [0.2, 0.25) is 5.88 Å². The number of methoxy groups -OCH3 is 1. The lowest BCUT2D eigenvalue weighted by molar-refractivity contribution is -0.386. The predicted molar refractivity (Wildman–Crippen MR) is 60.6 cm³/mol. The third-order valence-electron chi connectivity index (χ3n) is 2.31. The molecule has 1 heterocycles. The molecule has 1 aromatic heterocycles. The summed E-state index contributed by atoms with van der Waals surface area (Å²) in [4.78, 5) is 14.2. The molecule has 0 radical (unpaired) electrons. The number of hydrogen-bond donors (Lipinski definition) is 0. The van der Waals surface area contributed by atoms with Crippen LogP contribution < -0.4 is 4.74 Å². The second-order valence-electron chi connectivity index (χ2n) is 3.39. The number of hydrogen-bond acceptors (Lipinski definition) is 6. The second-order valence-corrected chi connectivity index (χ2v) is 3.39. The fraction of sp³-hybridized carbons (Fsp3) is 0.364. The molecule has 18 heavy (non-hydrogen) atoms. The first-order chi connectivity index (χ1) is 8.63. The Bertz CT molecular complexity index is 530. The van der Waals surface area contributed by atoms with Crippen molar-refractivity contribution in [3.05, 3.63) is 27.9 Å². The van der Waals surface area contributed by atoms with E-state index in [1.54, 1.807) is 0 Å². The molecule has 0 N–H and O–H groups in total. The molecule has 1 atom stereocenters. The fourth-order valence-electron chi connectivity index (χ4n) is 1.44. The highest BCUT2D eigenvalue weighted by Crippen LogP contribution is 2.29. The van der Waals surface area contributed by atoms with E-state index in [-0.39, 0.29) is 30.1 Å². The Morgan fingerprint density at radius 1 is 1.56 bits per heavy atom. The van der Waals surface area contributed by atoms with Crippen LogP contribution in [0.2, 0.25) is 0 Å². The van der Waals surface area contributed by atoms with Gasteiger partial charge in [-0.15, -0.1) is 0 Å². The van der Waals surface area contributed by atoms with Crippen molar-refractivity contribution in [3.8, 4) is 18.0 Å². The van der Waals surface area contributed by atoms with Crippen molar-refractivity contribution >= 4 is 5.69 Å². The molecule has 1 unspecified atom stereocenters. The molecule has 7 heteroatoms. The zero-order chi connectivity index (χ0) is 13.5. The van der Waals surface area contributed by atoms with Gasteiger partial charge < -0.3 is 4.74 Å². The molecule has 0 aliphatic carbocycles. The Morgan fingerprint density at radius 2 is 2.28 bits per heavy atom. The van der Waals surface area contributed by atoms with Crippen molar-refractivity contribution in [2.45, 2.75) is 18.8 Å². The quantitative estimate of drug-likeness (QED) is 0.579. The lowest BCUT2D eigenvalue weighted by Gasteiger charge is -2.08. The number of aromatic nitrogens is 1. The van der Waals surface area contributed by atoms with E-state index < -0.39 is 10.8 Å². The molecule has 1 aromatic rings. The summed E-state index contributed by atoms with van der Waals surface area (Å²) in [6.07, 6.45) is 0.336. The Hall–Kier alpha value is -2.67. The summed E-state index contributed by atoms with van der Waals surface area (Å²) in [7, 11) is 1.38. The molecule has 0 aliphatic rings. The molecule has 0 spiro atoms. The van der Waals surface area contributed by atoms with Crippen LogP contribution in [-0.2, 0) is 0 Å². The zero-order valence-corrected chi connectivity index (χ0v) is 9.66. The Balaban J connectivity index is 3.21. The van der Waals surface area contributed by atoms with Gasteiger partial charge in [-0.25, -0.2) is 4.98 Å². The highest BCUT2D eigenvalue weighted by molar-refractivity contribution is 5.42. The van der Waals surface area contributed by atoms with Gasteiger partial charge in [-0.3, -0.25) is 10.1 Å². The molecule has 0 aliphatic heterocycles. The van der Waals surface area contributed by atoms with Gasteiger partial charge in [0.1, 0.15) is 5.69 Å². The van der Waals surface area contributed by atoms with E-state index >= 15 is 0 Å². The van der Waals surface area contributed by atoms with E-state index in [0.717, 1.165) is 0 Å². The minimum Gasteiger partial charge on any atom is -0.481 e. The standard InChI is InChI=1S/C11H10N4O3/c1-18-10-5-4-9(15(16)17)11(14-10)8(7-13)3-2-6-12/h4-5,8H,2-3H2,1H3. The summed E-state index contributed by atoms with van der Waals surface area (Å²) in [5, 5.41) is 28.4. The zero-order valence-electron chi connectivity index (χ0n) is 9.66. The minimum absolute atomic E-state index is 0.0390. The number of ether oxygens (including phenoxy) is 1. The van der Waals surface area contributed by atoms with Gasteiger partial charge in [0.05, 0.1) is 30.1 Å². The summed E-state index contributed by atoms with van der Waals surface area (Å²) >= 11 is 0. The minimum atomic E-state index is -0.792. The molecular weight excluding hydrogens is 236 g/mol. The highest BCUT2D eigenvalue weighted by atomic mass is 16.6. The Morgan fingerprint density at radius 3 is 2.78 bits per heavy atom. The third kappa shape index (κ3) is 2.92. The average molecular weight is 246 g/mol. The largest absolute Gasteiger partial charge is 0.481 e. The van der Waals surface area contributed by atoms with E-state index in [2.05, 4.69) is 4.98 Å². The molecule has 92 valence electrons. The molecule has 0 bridgehead atoms. The molecule has 7 nitrogen and oxygen atoms in total. The van der Waals surface area contributed by atoms with Crippen molar-refractivity contribution in [1.29, 1.82) is 10.5 Å². The van der Waals surface area contributed by atoms with Crippen LogP contribution in [0.4, 0.5) is 5.69 Å². The third-order valence-corrected chi connectivity index (χ3v) is 2.31. The van der Waals surface area contributed by atoms with Crippen molar-refractivity contribution in [3.63, 3.8) is 0 Å². The summed E-state index contributed by atoms with van der Waals surface area (Å²) in [6, 6.07) is 6.44. The Labute approximate surface area is 103 Å². The first-order valence-corrected chi connectivity index (χ1v) is 5.10. The SMILES string of the molecule is COc1ccc([N+](=O)[O-])c(C(C#N)CCC#N)n1. The molecule has 0 fully saturated rings. The summed E-state index contributed by atoms with van der Waals surface area (Å²) < 4.78 is 4.88. The maximum Gasteiger partial charge on any atom is 0.292 e.